The molecule has 5 nitrogen and oxygen atoms in total. The fraction of sp³-hybridized carbons (Fsp3) is 0.353. The smallest absolute Gasteiger partial charge is 0.244 e. The maximum atomic E-state index is 13.8. The molecule has 0 amide bonds. The van der Waals surface area contributed by atoms with Gasteiger partial charge in [-0.25, -0.2) is 17.8 Å². The van der Waals surface area contributed by atoms with E-state index in [-0.39, 0.29) is 10.7 Å². The van der Waals surface area contributed by atoms with Gasteiger partial charge in [-0.1, -0.05) is 17.7 Å². The molecule has 1 aliphatic heterocycles. The van der Waals surface area contributed by atoms with Crippen LogP contribution in [0.4, 0.5) is 4.39 Å². The van der Waals surface area contributed by atoms with E-state index in [0.29, 0.717) is 47.5 Å². The van der Waals surface area contributed by atoms with Gasteiger partial charge in [0.2, 0.25) is 10.0 Å². The molecule has 0 aliphatic carbocycles. The second-order valence-corrected chi connectivity index (χ2v) is 9.37. The normalized spacial score (nSPS) is 16.7. The molecule has 0 bridgehead atoms. The van der Waals surface area contributed by atoms with Crippen molar-refractivity contribution < 1.29 is 12.8 Å². The fourth-order valence-electron chi connectivity index (χ4n) is 2.60. The van der Waals surface area contributed by atoms with Crippen molar-refractivity contribution in [1.29, 1.82) is 0 Å². The average molecular weight is 416 g/mol. The molecule has 1 fully saturated rings. The molecule has 1 aromatic heterocycles. The van der Waals surface area contributed by atoms with Crippen LogP contribution >= 0.6 is 23.4 Å². The third kappa shape index (κ3) is 4.37. The van der Waals surface area contributed by atoms with E-state index < -0.39 is 10.0 Å². The van der Waals surface area contributed by atoms with E-state index in [4.69, 9.17) is 11.6 Å². The summed E-state index contributed by atoms with van der Waals surface area (Å²) >= 11 is 7.32. The van der Waals surface area contributed by atoms with E-state index in [1.54, 1.807) is 24.3 Å². The number of hydrogen-bond acceptors (Lipinski definition) is 5. The summed E-state index contributed by atoms with van der Waals surface area (Å²) in [4.78, 5) is 6.48. The minimum Gasteiger partial charge on any atom is -0.304 e. The van der Waals surface area contributed by atoms with Crippen molar-refractivity contribution in [3.63, 3.8) is 0 Å². The summed E-state index contributed by atoms with van der Waals surface area (Å²) in [7, 11) is -1.56. The number of aromatic nitrogens is 1. The van der Waals surface area contributed by atoms with Gasteiger partial charge in [-0.2, -0.15) is 4.31 Å². The van der Waals surface area contributed by atoms with Crippen molar-refractivity contribution in [3.05, 3.63) is 52.9 Å². The van der Waals surface area contributed by atoms with Gasteiger partial charge in [-0.15, -0.1) is 11.8 Å². The highest BCUT2D eigenvalue weighted by molar-refractivity contribution is 7.98. The topological polar surface area (TPSA) is 53.5 Å². The maximum absolute atomic E-state index is 13.8. The van der Waals surface area contributed by atoms with Gasteiger partial charge in [0, 0.05) is 48.7 Å². The van der Waals surface area contributed by atoms with Crippen LogP contribution < -0.4 is 0 Å². The molecule has 2 heterocycles. The molecule has 1 saturated heterocycles. The fourth-order valence-corrected chi connectivity index (χ4v) is 5.15. The Morgan fingerprint density at radius 1 is 1.19 bits per heavy atom. The zero-order chi connectivity index (χ0) is 18.7. The molecule has 0 N–H and O–H groups in total. The van der Waals surface area contributed by atoms with Crippen molar-refractivity contribution in [2.45, 2.75) is 15.7 Å². The van der Waals surface area contributed by atoms with E-state index in [9.17, 15) is 12.8 Å². The van der Waals surface area contributed by atoms with E-state index >= 15 is 0 Å². The third-order valence-corrected chi connectivity index (χ3v) is 7.44. The van der Waals surface area contributed by atoms with Crippen LogP contribution in [0.15, 0.2) is 46.5 Å². The largest absolute Gasteiger partial charge is 0.304 e. The first-order chi connectivity index (χ1) is 12.4. The summed E-state index contributed by atoms with van der Waals surface area (Å²) < 4.78 is 40.6. The van der Waals surface area contributed by atoms with Gasteiger partial charge in [-0.3, -0.25) is 0 Å². The molecule has 1 aromatic carbocycles. The molecule has 1 aliphatic rings. The van der Waals surface area contributed by atoms with Gasteiger partial charge in [0.05, 0.1) is 5.03 Å². The minimum atomic E-state index is -3.53. The van der Waals surface area contributed by atoms with Crippen molar-refractivity contribution in [2.24, 2.45) is 0 Å². The Balaban J connectivity index is 1.68. The predicted octanol–water partition coefficient (Wildman–Crippen LogP) is 3.10. The van der Waals surface area contributed by atoms with Crippen LogP contribution in [0.2, 0.25) is 5.02 Å². The highest BCUT2D eigenvalue weighted by Crippen LogP contribution is 2.28. The Labute approximate surface area is 162 Å². The van der Waals surface area contributed by atoms with Crippen LogP contribution in [0.25, 0.3) is 0 Å². The van der Waals surface area contributed by atoms with Crippen LogP contribution in [0.5, 0.6) is 0 Å². The molecule has 0 radical (unpaired) electrons. The van der Waals surface area contributed by atoms with Crippen molar-refractivity contribution in [2.75, 3.05) is 33.2 Å². The highest BCUT2D eigenvalue weighted by atomic mass is 35.5. The first-order valence-electron chi connectivity index (χ1n) is 8.08. The van der Waals surface area contributed by atoms with Crippen LogP contribution in [-0.4, -0.2) is 55.8 Å². The predicted molar refractivity (Wildman–Crippen MR) is 101 cm³/mol. The van der Waals surface area contributed by atoms with Gasteiger partial charge < -0.3 is 4.90 Å². The summed E-state index contributed by atoms with van der Waals surface area (Å²) in [5.74, 6) is -0.0393. The minimum absolute atomic E-state index is 0.176. The molecular formula is C17H19ClFN3O2S2. The standard InChI is InChI=1S/C17H19ClFN3O2S2/c1-21-7-9-22(10-8-21)26(23,24)13-5-6-17(20-11-13)25-12-14-15(18)3-2-4-16(14)19/h2-6,11H,7-10,12H2,1H3. The quantitative estimate of drug-likeness (QED) is 0.702. The first-order valence-corrected chi connectivity index (χ1v) is 10.9. The summed E-state index contributed by atoms with van der Waals surface area (Å²) in [5.41, 5.74) is 0.412. The third-order valence-electron chi connectivity index (χ3n) is 4.24. The van der Waals surface area contributed by atoms with E-state index in [0.717, 1.165) is 0 Å². The zero-order valence-corrected chi connectivity index (χ0v) is 16.6. The SMILES string of the molecule is CN1CCN(S(=O)(=O)c2ccc(SCc3c(F)cccc3Cl)nc2)CC1. The maximum Gasteiger partial charge on any atom is 0.244 e. The summed E-state index contributed by atoms with van der Waals surface area (Å²) in [6, 6.07) is 7.75. The molecule has 0 atom stereocenters. The monoisotopic (exact) mass is 415 g/mol. The Kier molecular flexibility index (Phi) is 6.19. The lowest BCUT2D eigenvalue weighted by Crippen LogP contribution is -2.47. The van der Waals surface area contributed by atoms with Gasteiger partial charge in [0.1, 0.15) is 10.7 Å². The molecule has 0 saturated carbocycles. The molecule has 26 heavy (non-hydrogen) atoms. The lowest BCUT2D eigenvalue weighted by molar-refractivity contribution is 0.222. The molecular weight excluding hydrogens is 397 g/mol. The van der Waals surface area contributed by atoms with Crippen LogP contribution in [0.3, 0.4) is 0 Å². The number of benzene rings is 1. The second kappa shape index (κ2) is 8.22. The Bertz CT molecular complexity index is 850. The molecule has 0 spiro atoms. The molecule has 140 valence electrons. The summed E-state index contributed by atoms with van der Waals surface area (Å²) in [5, 5.41) is 0.980. The van der Waals surface area contributed by atoms with Gasteiger partial charge in [0.25, 0.3) is 0 Å². The van der Waals surface area contributed by atoms with E-state index in [1.807, 2.05) is 7.05 Å². The number of likely N-dealkylation sites (N-methyl/N-ethyl adjacent to an activating group) is 1. The van der Waals surface area contributed by atoms with E-state index in [2.05, 4.69) is 9.88 Å². The lowest BCUT2D eigenvalue weighted by atomic mass is 10.2. The number of sulfonamides is 1. The number of hydrogen-bond donors (Lipinski definition) is 0. The Hall–Kier alpha value is -1.19. The number of nitrogens with zero attached hydrogens (tertiary/aromatic N) is 3. The number of thioether (sulfide) groups is 1. The Morgan fingerprint density at radius 2 is 1.92 bits per heavy atom. The zero-order valence-electron chi connectivity index (χ0n) is 14.2. The summed E-state index contributed by atoms with van der Waals surface area (Å²) in [6.07, 6.45) is 1.36. The van der Waals surface area contributed by atoms with Crippen molar-refractivity contribution >= 4 is 33.4 Å². The van der Waals surface area contributed by atoms with Gasteiger partial charge >= 0.3 is 0 Å². The first kappa shape index (κ1) is 19.6. The number of piperazine rings is 1. The molecule has 2 aromatic rings. The van der Waals surface area contributed by atoms with Crippen molar-refractivity contribution in [1.82, 2.24) is 14.2 Å². The Morgan fingerprint density at radius 3 is 2.54 bits per heavy atom. The summed E-state index contributed by atoms with van der Waals surface area (Å²) in [6.45, 7) is 2.37. The highest BCUT2D eigenvalue weighted by Gasteiger charge is 2.27. The average Bonchev–Trinajstić information content (AvgIpc) is 2.62. The molecule has 3 rings (SSSR count). The lowest BCUT2D eigenvalue weighted by Gasteiger charge is -2.31. The van der Waals surface area contributed by atoms with Crippen LogP contribution in [0.1, 0.15) is 5.56 Å². The van der Waals surface area contributed by atoms with E-state index in [1.165, 1.54) is 28.3 Å². The van der Waals surface area contributed by atoms with Crippen molar-refractivity contribution in [3.8, 4) is 0 Å². The van der Waals surface area contributed by atoms with Crippen LogP contribution in [-0.2, 0) is 15.8 Å². The van der Waals surface area contributed by atoms with Gasteiger partial charge in [-0.05, 0) is 31.3 Å². The number of halogens is 2. The van der Waals surface area contributed by atoms with Gasteiger partial charge in [0.15, 0.2) is 0 Å². The number of pyridine rings is 1. The van der Waals surface area contributed by atoms with Crippen LogP contribution in [0, 0.1) is 5.82 Å². The molecule has 9 heteroatoms. The number of rotatable bonds is 5. The molecule has 0 unspecified atom stereocenters. The second-order valence-electron chi connectivity index (χ2n) is 6.03.